The van der Waals surface area contributed by atoms with Gasteiger partial charge in [-0.2, -0.15) is 0 Å². The number of hydrogen-bond donors (Lipinski definition) is 2. The maximum atomic E-state index is 13.2. The number of nitrogens with two attached hydrogens (primary N) is 1. The van der Waals surface area contributed by atoms with Crippen molar-refractivity contribution in [3.05, 3.63) is 53.6 Å². The van der Waals surface area contributed by atoms with Crippen molar-refractivity contribution in [3.63, 3.8) is 0 Å². The van der Waals surface area contributed by atoms with Gasteiger partial charge < -0.3 is 20.3 Å². The summed E-state index contributed by atoms with van der Waals surface area (Å²) in [4.78, 5) is 18.8. The number of likely N-dealkylation sites (N-methyl/N-ethyl adjacent to an activating group) is 1. The van der Waals surface area contributed by atoms with Crippen LogP contribution in [0.5, 0.6) is 5.75 Å². The van der Waals surface area contributed by atoms with Crippen LogP contribution in [0.2, 0.25) is 0 Å². The standard InChI is InChI=1S/C29H37N7O2S/c1-29(2)8-6-24-23(14-29)28(33-18-32-24)36-10-11-38-25-5-4-19(12-21(25)16-36)20-13-26(27(30)31-15-20)39(37)34-22-7-9-35(3)17-22/h4-5,12-13,15,18,22,34H,6-11,14,16-17H2,1-3H3,(H2,30,31). The van der Waals surface area contributed by atoms with Gasteiger partial charge in [-0.05, 0) is 68.5 Å². The van der Waals surface area contributed by atoms with Gasteiger partial charge in [0, 0.05) is 47.7 Å². The first-order valence-corrected chi connectivity index (χ1v) is 14.9. The number of benzene rings is 1. The van der Waals surface area contributed by atoms with Gasteiger partial charge in [0.1, 0.15) is 41.3 Å². The zero-order valence-electron chi connectivity index (χ0n) is 22.9. The first-order chi connectivity index (χ1) is 18.8. The first-order valence-electron chi connectivity index (χ1n) is 13.7. The minimum Gasteiger partial charge on any atom is -0.491 e. The predicted molar refractivity (Wildman–Crippen MR) is 154 cm³/mol. The van der Waals surface area contributed by atoms with Crippen molar-refractivity contribution in [2.24, 2.45) is 5.41 Å². The molecule has 10 heteroatoms. The average molecular weight is 548 g/mol. The lowest BCUT2D eigenvalue weighted by molar-refractivity contribution is 0.310. The Hall–Kier alpha value is -3.08. The van der Waals surface area contributed by atoms with E-state index in [2.05, 4.69) is 51.5 Å². The normalized spacial score (nSPS) is 21.5. The molecule has 2 unspecified atom stereocenters. The van der Waals surface area contributed by atoms with Crippen molar-refractivity contribution >= 4 is 22.6 Å². The van der Waals surface area contributed by atoms with E-state index in [-0.39, 0.29) is 17.3 Å². The van der Waals surface area contributed by atoms with E-state index in [9.17, 15) is 4.21 Å². The Bertz CT molecular complexity index is 1410. The van der Waals surface area contributed by atoms with Crippen molar-refractivity contribution in [3.8, 4) is 16.9 Å². The summed E-state index contributed by atoms with van der Waals surface area (Å²) in [7, 11) is 0.635. The van der Waals surface area contributed by atoms with Gasteiger partial charge in [0.25, 0.3) is 0 Å². The van der Waals surface area contributed by atoms with Gasteiger partial charge in [-0.1, -0.05) is 19.9 Å². The van der Waals surface area contributed by atoms with E-state index in [1.807, 2.05) is 18.2 Å². The Morgan fingerprint density at radius 3 is 2.85 bits per heavy atom. The predicted octanol–water partition coefficient (Wildman–Crippen LogP) is 3.35. The summed E-state index contributed by atoms with van der Waals surface area (Å²) >= 11 is 0. The first kappa shape index (κ1) is 26.2. The second-order valence-corrected chi connectivity index (χ2v) is 13.0. The molecule has 39 heavy (non-hydrogen) atoms. The molecule has 0 spiro atoms. The molecule has 206 valence electrons. The highest BCUT2D eigenvalue weighted by Crippen LogP contribution is 2.39. The van der Waals surface area contributed by atoms with E-state index in [1.165, 1.54) is 11.3 Å². The SMILES string of the molecule is CN1CCC(NS(=O)c2cc(-c3ccc4c(c3)CN(c3ncnc5c3CC(C)(C)CC5)CCO4)cnc2N)C1. The molecule has 3 N–H and O–H groups in total. The van der Waals surface area contributed by atoms with E-state index >= 15 is 0 Å². The third kappa shape index (κ3) is 5.50. The molecular formula is C29H37N7O2S. The van der Waals surface area contributed by atoms with Gasteiger partial charge in [0.2, 0.25) is 0 Å². The Morgan fingerprint density at radius 1 is 1.15 bits per heavy atom. The van der Waals surface area contributed by atoms with Crippen molar-refractivity contribution in [2.75, 3.05) is 43.9 Å². The van der Waals surface area contributed by atoms with E-state index in [1.54, 1.807) is 12.5 Å². The van der Waals surface area contributed by atoms with Crippen LogP contribution in [0.1, 0.15) is 43.5 Å². The van der Waals surface area contributed by atoms with Gasteiger partial charge in [-0.15, -0.1) is 0 Å². The van der Waals surface area contributed by atoms with Gasteiger partial charge in [-0.25, -0.2) is 23.9 Å². The molecule has 0 saturated carbocycles. The number of fused-ring (bicyclic) bond motifs is 2. The molecule has 0 bridgehead atoms. The molecule has 2 aromatic heterocycles. The van der Waals surface area contributed by atoms with Crippen LogP contribution in [-0.2, 0) is 30.4 Å². The number of nitrogens with zero attached hydrogens (tertiary/aromatic N) is 5. The summed E-state index contributed by atoms with van der Waals surface area (Å²) < 4.78 is 22.6. The number of likely N-dealkylation sites (tertiary alicyclic amines) is 1. The highest BCUT2D eigenvalue weighted by atomic mass is 32.2. The van der Waals surface area contributed by atoms with Crippen molar-refractivity contribution in [1.82, 2.24) is 24.6 Å². The lowest BCUT2D eigenvalue weighted by Crippen LogP contribution is -2.33. The van der Waals surface area contributed by atoms with Crippen LogP contribution in [-0.4, -0.2) is 63.4 Å². The number of ether oxygens (including phenoxy) is 1. The van der Waals surface area contributed by atoms with Crippen LogP contribution < -0.4 is 20.1 Å². The second kappa shape index (κ2) is 10.5. The molecule has 1 aliphatic carbocycles. The summed E-state index contributed by atoms with van der Waals surface area (Å²) in [5, 5.41) is 0. The molecule has 4 heterocycles. The molecule has 1 saturated heterocycles. The third-order valence-electron chi connectivity index (χ3n) is 8.13. The topological polar surface area (TPSA) is 110 Å². The minimum absolute atomic E-state index is 0.174. The van der Waals surface area contributed by atoms with Gasteiger partial charge >= 0.3 is 0 Å². The number of nitrogens with one attached hydrogen (secondary N) is 1. The van der Waals surface area contributed by atoms with E-state index in [4.69, 9.17) is 15.5 Å². The van der Waals surface area contributed by atoms with Gasteiger partial charge in [0.15, 0.2) is 0 Å². The third-order valence-corrected chi connectivity index (χ3v) is 9.40. The van der Waals surface area contributed by atoms with Crippen molar-refractivity contribution in [2.45, 2.75) is 57.0 Å². The molecule has 6 rings (SSSR count). The Morgan fingerprint density at radius 2 is 2.03 bits per heavy atom. The van der Waals surface area contributed by atoms with Crippen LogP contribution in [0.3, 0.4) is 0 Å². The number of aryl methyl sites for hydroxylation is 1. The van der Waals surface area contributed by atoms with Crippen LogP contribution in [0.15, 0.2) is 41.7 Å². The molecular weight excluding hydrogens is 510 g/mol. The maximum absolute atomic E-state index is 13.2. The van der Waals surface area contributed by atoms with Crippen LogP contribution in [0, 0.1) is 5.41 Å². The molecule has 0 amide bonds. The monoisotopic (exact) mass is 547 g/mol. The van der Waals surface area contributed by atoms with E-state index in [0.29, 0.717) is 18.0 Å². The number of pyridine rings is 1. The maximum Gasteiger partial charge on any atom is 0.141 e. The fourth-order valence-corrected chi connectivity index (χ4v) is 6.99. The number of nitrogen functional groups attached to an aromatic ring is 1. The summed E-state index contributed by atoms with van der Waals surface area (Å²) in [5.74, 6) is 2.19. The van der Waals surface area contributed by atoms with E-state index < -0.39 is 11.0 Å². The van der Waals surface area contributed by atoms with Crippen molar-refractivity contribution < 1.29 is 8.95 Å². The molecule has 1 aromatic carbocycles. The molecule has 2 aliphatic heterocycles. The lowest BCUT2D eigenvalue weighted by atomic mass is 9.76. The highest BCUT2D eigenvalue weighted by Gasteiger charge is 2.31. The Balaban J connectivity index is 1.28. The van der Waals surface area contributed by atoms with Gasteiger partial charge in [0.05, 0.1) is 11.4 Å². The molecule has 9 nitrogen and oxygen atoms in total. The number of aromatic nitrogens is 3. The van der Waals surface area contributed by atoms with Crippen LogP contribution >= 0.6 is 0 Å². The number of hydrogen-bond acceptors (Lipinski definition) is 8. The molecule has 3 aliphatic rings. The Kier molecular flexibility index (Phi) is 7.03. The summed E-state index contributed by atoms with van der Waals surface area (Å²) in [6.07, 6.45) is 7.52. The zero-order chi connectivity index (χ0) is 27.1. The van der Waals surface area contributed by atoms with Crippen molar-refractivity contribution in [1.29, 1.82) is 0 Å². The zero-order valence-corrected chi connectivity index (χ0v) is 23.8. The van der Waals surface area contributed by atoms with Crippen LogP contribution in [0.25, 0.3) is 11.1 Å². The average Bonchev–Trinajstić information content (AvgIpc) is 3.20. The largest absolute Gasteiger partial charge is 0.491 e. The summed E-state index contributed by atoms with van der Waals surface area (Å²) in [6.45, 7) is 8.53. The van der Waals surface area contributed by atoms with E-state index in [0.717, 1.165) is 73.6 Å². The Labute approximate surface area is 232 Å². The number of rotatable bonds is 5. The lowest BCUT2D eigenvalue weighted by Gasteiger charge is -2.33. The molecule has 1 fully saturated rings. The summed E-state index contributed by atoms with van der Waals surface area (Å²) in [6, 6.07) is 8.26. The minimum atomic E-state index is -1.44. The second-order valence-electron chi connectivity index (χ2n) is 11.8. The number of anilines is 2. The quantitative estimate of drug-likeness (QED) is 0.501. The fourth-order valence-electron chi connectivity index (χ4n) is 5.89. The summed E-state index contributed by atoms with van der Waals surface area (Å²) in [5.41, 5.74) is 11.8. The molecule has 2 atom stereocenters. The molecule has 0 radical (unpaired) electrons. The molecule has 3 aromatic rings. The smallest absolute Gasteiger partial charge is 0.141 e. The van der Waals surface area contributed by atoms with Crippen LogP contribution in [0.4, 0.5) is 11.6 Å². The van der Waals surface area contributed by atoms with Gasteiger partial charge in [-0.3, -0.25) is 0 Å². The highest BCUT2D eigenvalue weighted by molar-refractivity contribution is 7.83. The fraction of sp³-hybridized carbons (Fsp3) is 0.483.